The maximum atomic E-state index is 13.5. The number of carbonyl (C=O) groups is 1. The van der Waals surface area contributed by atoms with Crippen LogP contribution in [0.2, 0.25) is 0 Å². The summed E-state index contributed by atoms with van der Waals surface area (Å²) < 4.78 is 26.3. The third-order valence-electron chi connectivity index (χ3n) is 3.87. The number of hydrogen-bond donors (Lipinski definition) is 2. The molecule has 0 spiro atoms. The van der Waals surface area contributed by atoms with Gasteiger partial charge in [0.15, 0.2) is 0 Å². The molecule has 110 valence electrons. The second-order valence-electron chi connectivity index (χ2n) is 5.36. The summed E-state index contributed by atoms with van der Waals surface area (Å²) in [5.74, 6) is -1.61. The predicted octanol–water partition coefficient (Wildman–Crippen LogP) is 2.49. The summed E-state index contributed by atoms with van der Waals surface area (Å²) in [6.45, 7) is 0.0637. The fraction of sp³-hybridized carbons (Fsp3) is 0.533. The van der Waals surface area contributed by atoms with Crippen molar-refractivity contribution in [2.75, 3.05) is 0 Å². The fourth-order valence-corrected chi connectivity index (χ4v) is 2.64. The molecule has 3 nitrogen and oxygen atoms in total. The lowest BCUT2D eigenvalue weighted by atomic mass is 9.94. The number of halogens is 2. The van der Waals surface area contributed by atoms with Gasteiger partial charge >= 0.3 is 0 Å². The van der Waals surface area contributed by atoms with Crippen LogP contribution in [0, 0.1) is 17.6 Å². The summed E-state index contributed by atoms with van der Waals surface area (Å²) in [5, 5.41) is 2.71. The molecular formula is C15H20F2N2O. The van der Waals surface area contributed by atoms with Gasteiger partial charge in [-0.25, -0.2) is 8.78 Å². The number of amides is 1. The van der Waals surface area contributed by atoms with E-state index in [0.29, 0.717) is 0 Å². The summed E-state index contributed by atoms with van der Waals surface area (Å²) in [7, 11) is 0. The van der Waals surface area contributed by atoms with E-state index in [4.69, 9.17) is 5.73 Å². The van der Waals surface area contributed by atoms with E-state index in [1.807, 2.05) is 0 Å². The highest BCUT2D eigenvalue weighted by Crippen LogP contribution is 2.22. The minimum Gasteiger partial charge on any atom is -0.352 e. The smallest absolute Gasteiger partial charge is 0.224 e. The van der Waals surface area contributed by atoms with Gasteiger partial charge < -0.3 is 11.1 Å². The van der Waals surface area contributed by atoms with Crippen LogP contribution in [0.1, 0.15) is 37.7 Å². The number of nitrogens with one attached hydrogen (secondary N) is 1. The summed E-state index contributed by atoms with van der Waals surface area (Å²) in [6.07, 6.45) is 4.78. The molecule has 0 bridgehead atoms. The van der Waals surface area contributed by atoms with E-state index in [9.17, 15) is 13.6 Å². The first-order chi connectivity index (χ1) is 9.58. The second kappa shape index (κ2) is 6.79. The van der Waals surface area contributed by atoms with E-state index in [1.54, 1.807) is 0 Å². The molecule has 1 saturated carbocycles. The Labute approximate surface area is 117 Å². The minimum atomic E-state index is -0.643. The maximum absolute atomic E-state index is 13.5. The normalized spacial score (nSPS) is 23.1. The molecule has 0 heterocycles. The molecule has 1 aliphatic rings. The van der Waals surface area contributed by atoms with Crippen LogP contribution < -0.4 is 11.1 Å². The number of benzene rings is 1. The van der Waals surface area contributed by atoms with E-state index in [-0.39, 0.29) is 30.0 Å². The molecule has 1 aliphatic carbocycles. The molecule has 5 heteroatoms. The van der Waals surface area contributed by atoms with Crippen molar-refractivity contribution in [3.05, 3.63) is 35.4 Å². The van der Waals surface area contributed by atoms with Gasteiger partial charge in [-0.05, 0) is 18.9 Å². The van der Waals surface area contributed by atoms with Gasteiger partial charge in [0.1, 0.15) is 11.6 Å². The fourth-order valence-electron chi connectivity index (χ4n) is 2.64. The Morgan fingerprint density at radius 2 is 2.00 bits per heavy atom. The van der Waals surface area contributed by atoms with Crippen LogP contribution in [0.5, 0.6) is 0 Å². The van der Waals surface area contributed by atoms with Gasteiger partial charge in [0, 0.05) is 24.2 Å². The van der Waals surface area contributed by atoms with Crippen molar-refractivity contribution in [1.82, 2.24) is 5.32 Å². The highest BCUT2D eigenvalue weighted by atomic mass is 19.1. The van der Waals surface area contributed by atoms with Gasteiger partial charge in [0.25, 0.3) is 0 Å². The van der Waals surface area contributed by atoms with Gasteiger partial charge in [-0.1, -0.05) is 25.3 Å². The van der Waals surface area contributed by atoms with Crippen molar-refractivity contribution in [3.8, 4) is 0 Å². The number of hydrogen-bond acceptors (Lipinski definition) is 2. The lowest BCUT2D eigenvalue weighted by Crippen LogP contribution is -2.41. The summed E-state index contributed by atoms with van der Waals surface area (Å²) in [4.78, 5) is 12.1. The van der Waals surface area contributed by atoms with Gasteiger partial charge in [-0.15, -0.1) is 0 Å². The molecule has 0 aromatic heterocycles. The molecule has 0 saturated heterocycles. The molecule has 0 aliphatic heterocycles. The van der Waals surface area contributed by atoms with E-state index >= 15 is 0 Å². The van der Waals surface area contributed by atoms with Crippen LogP contribution in [0.4, 0.5) is 8.78 Å². The first-order valence-electron chi connectivity index (χ1n) is 7.05. The third-order valence-corrected chi connectivity index (χ3v) is 3.87. The molecule has 1 fully saturated rings. The monoisotopic (exact) mass is 282 g/mol. The molecule has 1 amide bonds. The highest BCUT2D eigenvalue weighted by Gasteiger charge is 2.26. The number of rotatable bonds is 3. The molecule has 20 heavy (non-hydrogen) atoms. The van der Waals surface area contributed by atoms with Crippen molar-refractivity contribution in [1.29, 1.82) is 0 Å². The molecule has 1 aromatic carbocycles. The SMILES string of the molecule is NC1CCCCCC1C(=O)NCc1ccc(F)cc1F. The Morgan fingerprint density at radius 1 is 1.25 bits per heavy atom. The van der Waals surface area contributed by atoms with Crippen LogP contribution in [0.25, 0.3) is 0 Å². The van der Waals surface area contributed by atoms with Crippen molar-refractivity contribution in [2.45, 2.75) is 44.7 Å². The van der Waals surface area contributed by atoms with Crippen LogP contribution in [0.3, 0.4) is 0 Å². The Hall–Kier alpha value is -1.49. The van der Waals surface area contributed by atoms with E-state index in [2.05, 4.69) is 5.32 Å². The topological polar surface area (TPSA) is 55.1 Å². The van der Waals surface area contributed by atoms with E-state index in [1.165, 1.54) is 12.1 Å². The Kier molecular flexibility index (Phi) is 5.06. The highest BCUT2D eigenvalue weighted by molar-refractivity contribution is 5.79. The molecule has 3 N–H and O–H groups in total. The summed E-state index contributed by atoms with van der Waals surface area (Å²) in [5.41, 5.74) is 6.29. The number of carbonyl (C=O) groups excluding carboxylic acids is 1. The molecule has 1 aromatic rings. The number of nitrogens with two attached hydrogens (primary N) is 1. The molecule has 0 radical (unpaired) electrons. The van der Waals surface area contributed by atoms with Crippen LogP contribution in [-0.4, -0.2) is 11.9 Å². The minimum absolute atomic E-state index is 0.0637. The van der Waals surface area contributed by atoms with Crippen molar-refractivity contribution >= 4 is 5.91 Å². The zero-order chi connectivity index (χ0) is 14.5. The average molecular weight is 282 g/mol. The first kappa shape index (κ1) is 14.9. The van der Waals surface area contributed by atoms with Gasteiger partial charge in [-0.2, -0.15) is 0 Å². The van der Waals surface area contributed by atoms with Crippen LogP contribution in [-0.2, 0) is 11.3 Å². The molecular weight excluding hydrogens is 262 g/mol. The Bertz CT molecular complexity index is 479. The van der Waals surface area contributed by atoms with Crippen LogP contribution >= 0.6 is 0 Å². The Balaban J connectivity index is 1.93. The third kappa shape index (κ3) is 3.76. The lowest BCUT2D eigenvalue weighted by Gasteiger charge is -2.20. The summed E-state index contributed by atoms with van der Waals surface area (Å²) >= 11 is 0. The van der Waals surface area contributed by atoms with Gasteiger partial charge in [0.05, 0.1) is 5.92 Å². The van der Waals surface area contributed by atoms with Crippen molar-refractivity contribution in [2.24, 2.45) is 11.7 Å². The largest absolute Gasteiger partial charge is 0.352 e. The lowest BCUT2D eigenvalue weighted by molar-refractivity contribution is -0.126. The second-order valence-corrected chi connectivity index (χ2v) is 5.36. The standard InChI is InChI=1S/C15H20F2N2O/c16-11-7-6-10(13(17)8-11)9-19-15(20)12-4-2-1-3-5-14(12)18/h6-8,12,14H,1-5,9,18H2,(H,19,20). The van der Waals surface area contributed by atoms with Crippen LogP contribution in [0.15, 0.2) is 18.2 Å². The van der Waals surface area contributed by atoms with Gasteiger partial charge in [0.2, 0.25) is 5.91 Å². The molecule has 2 rings (SSSR count). The molecule has 2 atom stereocenters. The molecule has 2 unspecified atom stereocenters. The first-order valence-corrected chi connectivity index (χ1v) is 7.05. The average Bonchev–Trinajstić information content (AvgIpc) is 2.62. The predicted molar refractivity (Wildman–Crippen MR) is 72.8 cm³/mol. The zero-order valence-corrected chi connectivity index (χ0v) is 11.4. The zero-order valence-electron chi connectivity index (χ0n) is 11.4. The van der Waals surface area contributed by atoms with E-state index in [0.717, 1.165) is 38.2 Å². The van der Waals surface area contributed by atoms with Gasteiger partial charge in [-0.3, -0.25) is 4.79 Å². The summed E-state index contributed by atoms with van der Waals surface area (Å²) in [6, 6.07) is 3.22. The van der Waals surface area contributed by atoms with Crippen molar-refractivity contribution in [3.63, 3.8) is 0 Å². The van der Waals surface area contributed by atoms with E-state index < -0.39 is 11.6 Å². The Morgan fingerprint density at radius 3 is 2.75 bits per heavy atom. The van der Waals surface area contributed by atoms with Crippen molar-refractivity contribution < 1.29 is 13.6 Å². The quantitative estimate of drug-likeness (QED) is 0.837. The maximum Gasteiger partial charge on any atom is 0.224 e.